The fraction of sp³-hybridized carbons (Fsp3) is 0.154. The molecule has 0 bridgehead atoms. The molecule has 3 nitrogen and oxygen atoms in total. The van der Waals surface area contributed by atoms with E-state index in [-0.39, 0.29) is 5.91 Å². The fourth-order valence-corrected chi connectivity index (χ4v) is 4.05. The van der Waals surface area contributed by atoms with Crippen LogP contribution in [0.2, 0.25) is 0 Å². The van der Waals surface area contributed by atoms with Crippen LogP contribution in [0.1, 0.15) is 23.2 Å². The van der Waals surface area contributed by atoms with Gasteiger partial charge in [0.2, 0.25) is 0 Å². The lowest BCUT2D eigenvalue weighted by Crippen LogP contribution is -2.27. The first-order valence-electron chi connectivity index (χ1n) is 10.1. The number of likely N-dealkylation sites (tertiary alicyclic amines) is 1. The van der Waals surface area contributed by atoms with E-state index in [1.807, 2.05) is 53.4 Å². The summed E-state index contributed by atoms with van der Waals surface area (Å²) in [7, 11) is 0. The number of benzene rings is 3. The number of rotatable bonds is 3. The molecule has 3 heteroatoms. The molecule has 0 N–H and O–H groups in total. The summed E-state index contributed by atoms with van der Waals surface area (Å²) in [5.74, 6) is 0.114. The maximum atomic E-state index is 13.2. The Balaban J connectivity index is 1.57. The third-order valence-corrected chi connectivity index (χ3v) is 5.63. The number of fused-ring (bicyclic) bond motifs is 1. The number of amides is 1. The second-order valence-corrected chi connectivity index (χ2v) is 7.51. The topological polar surface area (TPSA) is 33.2 Å². The first kappa shape index (κ1) is 17.6. The van der Waals surface area contributed by atoms with Gasteiger partial charge in [0, 0.05) is 24.0 Å². The Hall–Kier alpha value is -3.46. The average molecular weight is 378 g/mol. The van der Waals surface area contributed by atoms with Gasteiger partial charge in [0.1, 0.15) is 0 Å². The number of carbonyl (C=O) groups is 1. The van der Waals surface area contributed by atoms with E-state index in [2.05, 4.69) is 36.4 Å². The normalized spacial score (nSPS) is 13.7. The molecule has 142 valence electrons. The van der Waals surface area contributed by atoms with Crippen molar-refractivity contribution in [1.82, 2.24) is 9.88 Å². The van der Waals surface area contributed by atoms with Gasteiger partial charge in [-0.25, -0.2) is 4.98 Å². The molecule has 0 unspecified atom stereocenters. The van der Waals surface area contributed by atoms with Crippen LogP contribution >= 0.6 is 0 Å². The van der Waals surface area contributed by atoms with Crippen LogP contribution in [0.25, 0.3) is 33.3 Å². The molecule has 4 aromatic rings. The minimum atomic E-state index is 0.114. The Kier molecular flexibility index (Phi) is 4.57. The summed E-state index contributed by atoms with van der Waals surface area (Å²) in [6.45, 7) is 1.69. The van der Waals surface area contributed by atoms with Crippen molar-refractivity contribution in [2.24, 2.45) is 0 Å². The Morgan fingerprint density at radius 3 is 2.10 bits per heavy atom. The Morgan fingerprint density at radius 2 is 1.34 bits per heavy atom. The van der Waals surface area contributed by atoms with Crippen molar-refractivity contribution < 1.29 is 4.79 Å². The van der Waals surface area contributed by atoms with Gasteiger partial charge in [-0.2, -0.15) is 0 Å². The third-order valence-electron chi connectivity index (χ3n) is 5.63. The molecule has 5 rings (SSSR count). The van der Waals surface area contributed by atoms with Crippen LogP contribution in [0.3, 0.4) is 0 Å². The van der Waals surface area contributed by atoms with E-state index in [1.165, 1.54) is 11.1 Å². The summed E-state index contributed by atoms with van der Waals surface area (Å²) in [6.07, 6.45) is 2.17. The zero-order valence-corrected chi connectivity index (χ0v) is 16.2. The van der Waals surface area contributed by atoms with Crippen molar-refractivity contribution in [3.63, 3.8) is 0 Å². The van der Waals surface area contributed by atoms with Gasteiger partial charge in [0.15, 0.2) is 0 Å². The van der Waals surface area contributed by atoms with Gasteiger partial charge < -0.3 is 4.90 Å². The first-order valence-corrected chi connectivity index (χ1v) is 10.1. The summed E-state index contributed by atoms with van der Waals surface area (Å²) in [4.78, 5) is 20.0. The van der Waals surface area contributed by atoms with Crippen LogP contribution < -0.4 is 0 Å². The number of hydrogen-bond acceptors (Lipinski definition) is 2. The number of nitrogens with zero attached hydrogens (tertiary/aromatic N) is 2. The number of aromatic nitrogens is 1. The average Bonchev–Trinajstić information content (AvgIpc) is 3.34. The molecule has 1 aliphatic heterocycles. The SMILES string of the molecule is O=C(c1cc(-c2ccc(-c3ccccc3)cc2)nc2ccccc12)N1CCCC1. The number of hydrogen-bond donors (Lipinski definition) is 0. The minimum Gasteiger partial charge on any atom is -0.339 e. The molecule has 3 aromatic carbocycles. The molecule has 0 aliphatic carbocycles. The van der Waals surface area contributed by atoms with Gasteiger partial charge in [-0.3, -0.25) is 4.79 Å². The van der Waals surface area contributed by atoms with E-state index >= 15 is 0 Å². The van der Waals surface area contributed by atoms with Gasteiger partial charge in [-0.05, 0) is 36.1 Å². The largest absolute Gasteiger partial charge is 0.339 e. The highest BCUT2D eigenvalue weighted by molar-refractivity contribution is 6.07. The fourth-order valence-electron chi connectivity index (χ4n) is 4.05. The number of pyridine rings is 1. The van der Waals surface area contributed by atoms with Crippen molar-refractivity contribution in [2.75, 3.05) is 13.1 Å². The first-order chi connectivity index (χ1) is 14.3. The molecule has 1 aliphatic rings. The molecule has 1 fully saturated rings. The van der Waals surface area contributed by atoms with E-state index in [4.69, 9.17) is 4.98 Å². The van der Waals surface area contributed by atoms with Gasteiger partial charge >= 0.3 is 0 Å². The highest BCUT2D eigenvalue weighted by atomic mass is 16.2. The molecule has 29 heavy (non-hydrogen) atoms. The highest BCUT2D eigenvalue weighted by Crippen LogP contribution is 2.28. The Labute approximate surface area is 170 Å². The zero-order chi connectivity index (χ0) is 19.6. The number of para-hydroxylation sites is 1. The van der Waals surface area contributed by atoms with E-state index in [0.29, 0.717) is 0 Å². The van der Waals surface area contributed by atoms with Crippen LogP contribution in [0.4, 0.5) is 0 Å². The van der Waals surface area contributed by atoms with Crippen molar-refractivity contribution in [1.29, 1.82) is 0 Å². The maximum Gasteiger partial charge on any atom is 0.254 e. The molecule has 1 saturated heterocycles. The van der Waals surface area contributed by atoms with Crippen LogP contribution in [0.5, 0.6) is 0 Å². The molecule has 0 spiro atoms. The molecular weight excluding hydrogens is 356 g/mol. The maximum absolute atomic E-state index is 13.2. The number of carbonyl (C=O) groups excluding carboxylic acids is 1. The summed E-state index contributed by atoms with van der Waals surface area (Å²) in [5, 5.41) is 0.925. The lowest BCUT2D eigenvalue weighted by molar-refractivity contribution is 0.0794. The van der Waals surface area contributed by atoms with Crippen LogP contribution in [0.15, 0.2) is 84.9 Å². The van der Waals surface area contributed by atoms with E-state index in [1.54, 1.807) is 0 Å². The molecular formula is C26H22N2O. The molecule has 0 atom stereocenters. The van der Waals surface area contributed by atoms with Crippen LogP contribution in [0, 0.1) is 0 Å². The predicted octanol–water partition coefficient (Wildman–Crippen LogP) is 5.80. The summed E-state index contributed by atoms with van der Waals surface area (Å²) in [5.41, 5.74) is 5.83. The highest BCUT2D eigenvalue weighted by Gasteiger charge is 2.22. The van der Waals surface area contributed by atoms with Gasteiger partial charge in [0.05, 0.1) is 16.8 Å². The standard InChI is InChI=1S/C26H22N2O/c29-26(28-16-6-7-17-28)23-18-25(27-24-11-5-4-10-22(23)24)21-14-12-20(13-15-21)19-8-2-1-3-9-19/h1-5,8-15,18H,6-7,16-17H2. The van der Waals surface area contributed by atoms with Crippen molar-refractivity contribution in [3.8, 4) is 22.4 Å². The van der Waals surface area contributed by atoms with E-state index in [0.717, 1.165) is 53.7 Å². The summed E-state index contributed by atoms with van der Waals surface area (Å²) >= 11 is 0. The quantitative estimate of drug-likeness (QED) is 0.451. The minimum absolute atomic E-state index is 0.114. The van der Waals surface area contributed by atoms with E-state index < -0.39 is 0 Å². The lowest BCUT2D eigenvalue weighted by atomic mass is 10.0. The monoisotopic (exact) mass is 378 g/mol. The lowest BCUT2D eigenvalue weighted by Gasteiger charge is -2.17. The van der Waals surface area contributed by atoms with Gasteiger partial charge in [-0.15, -0.1) is 0 Å². The Bertz CT molecular complexity index is 1160. The Morgan fingerprint density at radius 1 is 0.724 bits per heavy atom. The summed E-state index contributed by atoms with van der Waals surface area (Å²) < 4.78 is 0. The zero-order valence-electron chi connectivity index (χ0n) is 16.2. The van der Waals surface area contributed by atoms with E-state index in [9.17, 15) is 4.79 Å². The molecule has 2 heterocycles. The second-order valence-electron chi connectivity index (χ2n) is 7.51. The van der Waals surface area contributed by atoms with Crippen molar-refractivity contribution in [3.05, 3.63) is 90.5 Å². The third kappa shape index (κ3) is 3.40. The van der Waals surface area contributed by atoms with Crippen LogP contribution in [-0.2, 0) is 0 Å². The molecule has 1 aromatic heterocycles. The van der Waals surface area contributed by atoms with Gasteiger partial charge in [-0.1, -0.05) is 72.8 Å². The molecule has 1 amide bonds. The van der Waals surface area contributed by atoms with Crippen LogP contribution in [-0.4, -0.2) is 28.9 Å². The molecule has 0 saturated carbocycles. The smallest absolute Gasteiger partial charge is 0.254 e. The summed E-state index contributed by atoms with van der Waals surface area (Å²) in [6, 6.07) is 28.6. The molecule has 0 radical (unpaired) electrons. The second kappa shape index (κ2) is 7.51. The van der Waals surface area contributed by atoms with Crippen molar-refractivity contribution >= 4 is 16.8 Å². The predicted molar refractivity (Wildman–Crippen MR) is 118 cm³/mol. The van der Waals surface area contributed by atoms with Gasteiger partial charge in [0.25, 0.3) is 5.91 Å². The van der Waals surface area contributed by atoms with Crippen molar-refractivity contribution in [2.45, 2.75) is 12.8 Å².